The number of nitrogens with zero attached hydrogens (tertiary/aromatic N) is 1. The van der Waals surface area contributed by atoms with Crippen LogP contribution in [0.25, 0.3) is 0 Å². The maximum Gasteiger partial charge on any atom is 0.240 e. The van der Waals surface area contributed by atoms with Crippen LogP contribution in [-0.4, -0.2) is 48.9 Å². The highest BCUT2D eigenvalue weighted by Gasteiger charge is 2.53. The number of hydrogen-bond acceptors (Lipinski definition) is 4. The number of carbonyl (C=O) groups is 3. The molecule has 3 rings (SSSR count). The summed E-state index contributed by atoms with van der Waals surface area (Å²) in [6.45, 7) is 0.807. The van der Waals surface area contributed by atoms with Gasteiger partial charge in [-0.25, -0.2) is 0 Å². The minimum atomic E-state index is -1.11. The molecule has 2 aliphatic rings. The summed E-state index contributed by atoms with van der Waals surface area (Å²) in [5.41, 5.74) is -0.371. The third-order valence-corrected chi connectivity index (χ3v) is 6.15. The topological polar surface area (TPSA) is 75.7 Å². The van der Waals surface area contributed by atoms with E-state index >= 15 is 0 Å². The Labute approximate surface area is 173 Å². The van der Waals surface area contributed by atoms with Gasteiger partial charge in [0.15, 0.2) is 0 Å². The van der Waals surface area contributed by atoms with E-state index in [1.54, 1.807) is 7.11 Å². The average molecular weight is 401 g/mol. The summed E-state index contributed by atoms with van der Waals surface area (Å²) < 4.78 is 5.05. The lowest BCUT2D eigenvalue weighted by atomic mass is 9.75. The summed E-state index contributed by atoms with van der Waals surface area (Å²) in [4.78, 5) is 40.4. The lowest BCUT2D eigenvalue weighted by molar-refractivity contribution is -0.141. The van der Waals surface area contributed by atoms with Crippen molar-refractivity contribution in [3.63, 3.8) is 0 Å². The van der Waals surface area contributed by atoms with Crippen molar-refractivity contribution in [3.8, 4) is 0 Å². The molecule has 1 aromatic rings. The minimum Gasteiger partial charge on any atom is -0.385 e. The van der Waals surface area contributed by atoms with Gasteiger partial charge < -0.3 is 10.1 Å². The molecule has 1 unspecified atom stereocenters. The van der Waals surface area contributed by atoms with E-state index < -0.39 is 5.41 Å². The van der Waals surface area contributed by atoms with Gasteiger partial charge in [-0.15, -0.1) is 0 Å². The minimum absolute atomic E-state index is 0.0128. The smallest absolute Gasteiger partial charge is 0.240 e. The molecule has 1 aliphatic carbocycles. The van der Waals surface area contributed by atoms with Gasteiger partial charge in [0.25, 0.3) is 0 Å². The number of ether oxygens (including phenoxy) is 1. The van der Waals surface area contributed by atoms with Crippen molar-refractivity contribution in [1.82, 2.24) is 10.2 Å². The Morgan fingerprint density at radius 3 is 2.48 bits per heavy atom. The first-order chi connectivity index (χ1) is 14.1. The van der Waals surface area contributed by atoms with Crippen LogP contribution in [0.1, 0.15) is 63.4 Å². The van der Waals surface area contributed by atoms with Gasteiger partial charge in [-0.3, -0.25) is 19.3 Å². The number of rotatable bonds is 8. The molecular formula is C23H32N2O4. The normalized spacial score (nSPS) is 23.3. The second-order valence-corrected chi connectivity index (χ2v) is 8.25. The molecule has 0 radical (unpaired) electrons. The van der Waals surface area contributed by atoms with Crippen LogP contribution in [0.2, 0.25) is 0 Å². The predicted molar refractivity (Wildman–Crippen MR) is 110 cm³/mol. The number of carbonyl (C=O) groups excluding carboxylic acids is 3. The number of nitrogens with one attached hydrogen (secondary N) is 1. The van der Waals surface area contributed by atoms with Gasteiger partial charge in [-0.05, 0) is 24.8 Å². The van der Waals surface area contributed by atoms with Gasteiger partial charge in [0.2, 0.25) is 17.7 Å². The molecule has 1 N–H and O–H groups in total. The van der Waals surface area contributed by atoms with Crippen LogP contribution in [0, 0.1) is 0 Å². The largest absolute Gasteiger partial charge is 0.385 e. The Morgan fingerprint density at radius 2 is 1.83 bits per heavy atom. The van der Waals surface area contributed by atoms with Crippen molar-refractivity contribution in [2.75, 3.05) is 20.3 Å². The maximum atomic E-state index is 13.4. The summed E-state index contributed by atoms with van der Waals surface area (Å²) in [5, 5.41) is 3.14. The Kier molecular flexibility index (Phi) is 7.42. The molecule has 3 amide bonds. The quantitative estimate of drug-likeness (QED) is 0.414. The van der Waals surface area contributed by atoms with Gasteiger partial charge in [0.05, 0.1) is 5.41 Å². The molecule has 0 aromatic heterocycles. The Bertz CT molecular complexity index is 713. The van der Waals surface area contributed by atoms with E-state index in [0.29, 0.717) is 19.6 Å². The number of benzene rings is 1. The molecule has 1 saturated heterocycles. The Morgan fingerprint density at radius 1 is 1.14 bits per heavy atom. The second-order valence-electron chi connectivity index (χ2n) is 8.25. The first-order valence-corrected chi connectivity index (χ1v) is 10.8. The van der Waals surface area contributed by atoms with Crippen LogP contribution >= 0.6 is 0 Å². The van der Waals surface area contributed by atoms with Crippen molar-refractivity contribution in [2.45, 2.75) is 69.2 Å². The van der Waals surface area contributed by atoms with Crippen LogP contribution in [-0.2, 0) is 24.5 Å². The SMILES string of the molecule is COCCCN1C(=O)CC(CC(=O)NC2CCCCCC2)(c2ccccc2)C1=O. The average Bonchev–Trinajstić information content (AvgIpc) is 2.88. The van der Waals surface area contributed by atoms with Crippen LogP contribution in [0.15, 0.2) is 30.3 Å². The highest BCUT2D eigenvalue weighted by molar-refractivity contribution is 6.10. The van der Waals surface area contributed by atoms with Crippen molar-refractivity contribution < 1.29 is 19.1 Å². The fourth-order valence-corrected chi connectivity index (χ4v) is 4.59. The summed E-state index contributed by atoms with van der Waals surface area (Å²) in [6.07, 6.45) is 7.29. The fourth-order valence-electron chi connectivity index (χ4n) is 4.59. The number of amides is 3. The number of hydrogen-bond donors (Lipinski definition) is 1. The molecule has 1 atom stereocenters. The Balaban J connectivity index is 1.79. The van der Waals surface area contributed by atoms with E-state index in [1.165, 1.54) is 17.7 Å². The first-order valence-electron chi connectivity index (χ1n) is 10.8. The van der Waals surface area contributed by atoms with Crippen molar-refractivity contribution in [3.05, 3.63) is 35.9 Å². The summed E-state index contributed by atoms with van der Waals surface area (Å²) >= 11 is 0. The van der Waals surface area contributed by atoms with E-state index in [4.69, 9.17) is 4.74 Å². The first kappa shape index (κ1) is 21.5. The molecule has 0 spiro atoms. The molecular weight excluding hydrogens is 368 g/mol. The molecule has 0 bridgehead atoms. The summed E-state index contributed by atoms with van der Waals surface area (Å²) in [5.74, 6) is -0.612. The highest BCUT2D eigenvalue weighted by Crippen LogP contribution is 2.40. The van der Waals surface area contributed by atoms with E-state index in [9.17, 15) is 14.4 Å². The zero-order valence-corrected chi connectivity index (χ0v) is 17.3. The zero-order chi connectivity index (χ0) is 20.7. The Hall–Kier alpha value is -2.21. The highest BCUT2D eigenvalue weighted by atomic mass is 16.5. The number of likely N-dealkylation sites (tertiary alicyclic amines) is 1. The lowest BCUT2D eigenvalue weighted by Crippen LogP contribution is -2.44. The third kappa shape index (κ3) is 5.04. The lowest BCUT2D eigenvalue weighted by Gasteiger charge is -2.28. The van der Waals surface area contributed by atoms with E-state index in [0.717, 1.165) is 31.2 Å². The second kappa shape index (κ2) is 10.0. The molecule has 1 aromatic carbocycles. The van der Waals surface area contributed by atoms with Gasteiger partial charge in [-0.1, -0.05) is 56.0 Å². The van der Waals surface area contributed by atoms with Crippen LogP contribution in [0.5, 0.6) is 0 Å². The third-order valence-electron chi connectivity index (χ3n) is 6.15. The molecule has 158 valence electrons. The van der Waals surface area contributed by atoms with E-state index in [1.807, 2.05) is 30.3 Å². The monoisotopic (exact) mass is 400 g/mol. The summed E-state index contributed by atoms with van der Waals surface area (Å²) in [6, 6.07) is 9.45. The van der Waals surface area contributed by atoms with Gasteiger partial charge in [-0.2, -0.15) is 0 Å². The standard InChI is InChI=1S/C23H32N2O4/c1-29-15-9-14-25-21(27)17-23(22(25)28,18-10-5-4-6-11-18)16-20(26)24-19-12-7-2-3-8-13-19/h4-6,10-11,19H,2-3,7-9,12-17H2,1H3,(H,24,26). The molecule has 1 aliphatic heterocycles. The number of imide groups is 1. The predicted octanol–water partition coefficient (Wildman–Crippen LogP) is 2.95. The van der Waals surface area contributed by atoms with Crippen molar-refractivity contribution in [2.24, 2.45) is 0 Å². The van der Waals surface area contributed by atoms with Crippen LogP contribution in [0.3, 0.4) is 0 Å². The van der Waals surface area contributed by atoms with Crippen LogP contribution in [0.4, 0.5) is 0 Å². The maximum absolute atomic E-state index is 13.4. The fraction of sp³-hybridized carbons (Fsp3) is 0.609. The summed E-state index contributed by atoms with van der Waals surface area (Å²) in [7, 11) is 1.60. The molecule has 29 heavy (non-hydrogen) atoms. The molecule has 2 fully saturated rings. The van der Waals surface area contributed by atoms with Crippen molar-refractivity contribution >= 4 is 17.7 Å². The number of methoxy groups -OCH3 is 1. The van der Waals surface area contributed by atoms with E-state index in [-0.39, 0.29) is 36.6 Å². The van der Waals surface area contributed by atoms with Crippen molar-refractivity contribution in [1.29, 1.82) is 0 Å². The van der Waals surface area contributed by atoms with Gasteiger partial charge >= 0.3 is 0 Å². The zero-order valence-electron chi connectivity index (χ0n) is 17.3. The molecule has 6 nitrogen and oxygen atoms in total. The van der Waals surface area contributed by atoms with E-state index in [2.05, 4.69) is 5.32 Å². The molecule has 6 heteroatoms. The molecule has 1 saturated carbocycles. The van der Waals surface area contributed by atoms with Gasteiger partial charge in [0.1, 0.15) is 0 Å². The van der Waals surface area contributed by atoms with Gasteiger partial charge in [0, 0.05) is 39.1 Å². The molecule has 1 heterocycles. The van der Waals surface area contributed by atoms with Crippen LogP contribution < -0.4 is 5.32 Å².